The van der Waals surface area contributed by atoms with Gasteiger partial charge in [0.15, 0.2) is 0 Å². The predicted octanol–water partition coefficient (Wildman–Crippen LogP) is -1.28. The van der Waals surface area contributed by atoms with Crippen molar-refractivity contribution < 1.29 is 9.53 Å². The van der Waals surface area contributed by atoms with Gasteiger partial charge in [-0.1, -0.05) is 0 Å². The van der Waals surface area contributed by atoms with Crippen molar-refractivity contribution >= 4 is 5.91 Å². The lowest BCUT2D eigenvalue weighted by atomic mass is 10.0. The number of rotatable bonds is 2. The fourth-order valence-corrected chi connectivity index (χ4v) is 1.11. The van der Waals surface area contributed by atoms with E-state index in [1.54, 1.807) is 0 Å². The summed E-state index contributed by atoms with van der Waals surface area (Å²) in [6.45, 7) is 3.04. The first kappa shape index (κ1) is 7.06. The van der Waals surface area contributed by atoms with Crippen LogP contribution in [-0.2, 0) is 9.53 Å². The summed E-state index contributed by atoms with van der Waals surface area (Å²) < 4.78 is 4.94. The average molecular weight is 156 g/mol. The van der Waals surface area contributed by atoms with Gasteiger partial charge in [-0.25, -0.2) is 0 Å². The van der Waals surface area contributed by atoms with E-state index in [9.17, 15) is 4.79 Å². The second-order valence-corrected chi connectivity index (χ2v) is 3.10. The minimum absolute atomic E-state index is 0.178. The third-order valence-corrected chi connectivity index (χ3v) is 2.14. The van der Waals surface area contributed by atoms with E-state index in [4.69, 9.17) is 4.74 Å². The van der Waals surface area contributed by atoms with E-state index in [-0.39, 0.29) is 17.9 Å². The standard InChI is InChI=1S/C7H12N2O2/c10-7(5-1-8-2-5)9-6-3-11-4-6/h5-6,8H,1-4H2,(H,9,10). The molecule has 0 atom stereocenters. The van der Waals surface area contributed by atoms with E-state index in [2.05, 4.69) is 10.6 Å². The Bertz CT molecular complexity index is 164. The molecule has 1 amide bonds. The highest BCUT2D eigenvalue weighted by molar-refractivity contribution is 5.80. The van der Waals surface area contributed by atoms with Gasteiger partial charge in [-0.3, -0.25) is 4.79 Å². The molecule has 4 heteroatoms. The Balaban J connectivity index is 1.71. The SMILES string of the molecule is O=C(NC1COC1)C1CNC1. The first-order chi connectivity index (χ1) is 5.36. The summed E-state index contributed by atoms with van der Waals surface area (Å²) in [6, 6.07) is 0.281. The number of hydrogen-bond acceptors (Lipinski definition) is 3. The summed E-state index contributed by atoms with van der Waals surface area (Å²) >= 11 is 0. The van der Waals surface area contributed by atoms with Crippen LogP contribution in [0.2, 0.25) is 0 Å². The largest absolute Gasteiger partial charge is 0.377 e. The lowest BCUT2D eigenvalue weighted by Gasteiger charge is -2.31. The minimum atomic E-state index is 0.178. The molecule has 11 heavy (non-hydrogen) atoms. The second-order valence-electron chi connectivity index (χ2n) is 3.10. The zero-order valence-electron chi connectivity index (χ0n) is 6.30. The normalized spacial score (nSPS) is 25.5. The Kier molecular flexibility index (Phi) is 1.79. The number of amides is 1. The van der Waals surface area contributed by atoms with Gasteiger partial charge in [-0.05, 0) is 0 Å². The van der Waals surface area contributed by atoms with E-state index in [0.29, 0.717) is 13.2 Å². The van der Waals surface area contributed by atoms with Gasteiger partial charge < -0.3 is 15.4 Å². The first-order valence-electron chi connectivity index (χ1n) is 3.95. The molecule has 0 spiro atoms. The fourth-order valence-electron chi connectivity index (χ4n) is 1.11. The zero-order valence-corrected chi connectivity index (χ0v) is 6.30. The topological polar surface area (TPSA) is 50.4 Å². The van der Waals surface area contributed by atoms with Gasteiger partial charge in [-0.2, -0.15) is 0 Å². The van der Waals surface area contributed by atoms with E-state index in [1.165, 1.54) is 0 Å². The average Bonchev–Trinajstić information content (AvgIpc) is 1.74. The molecule has 4 nitrogen and oxygen atoms in total. The smallest absolute Gasteiger partial charge is 0.226 e. The lowest BCUT2D eigenvalue weighted by molar-refractivity contribution is -0.130. The van der Waals surface area contributed by atoms with Gasteiger partial charge in [0.25, 0.3) is 0 Å². The van der Waals surface area contributed by atoms with Gasteiger partial charge in [0.2, 0.25) is 5.91 Å². The summed E-state index contributed by atoms with van der Waals surface area (Å²) in [7, 11) is 0. The molecular formula is C7H12N2O2. The van der Waals surface area contributed by atoms with Crippen LogP contribution >= 0.6 is 0 Å². The van der Waals surface area contributed by atoms with E-state index >= 15 is 0 Å². The highest BCUT2D eigenvalue weighted by atomic mass is 16.5. The highest BCUT2D eigenvalue weighted by Gasteiger charge is 2.28. The maximum Gasteiger partial charge on any atom is 0.226 e. The number of hydrogen-bond donors (Lipinski definition) is 2. The lowest BCUT2D eigenvalue weighted by Crippen LogP contribution is -2.56. The van der Waals surface area contributed by atoms with Crippen molar-refractivity contribution in [1.29, 1.82) is 0 Å². The summed E-state index contributed by atoms with van der Waals surface area (Å²) in [5, 5.41) is 5.97. The molecule has 0 aromatic heterocycles. The molecule has 2 saturated heterocycles. The number of nitrogens with one attached hydrogen (secondary N) is 2. The molecule has 2 fully saturated rings. The molecule has 62 valence electrons. The molecule has 0 aromatic carbocycles. The quantitative estimate of drug-likeness (QED) is 0.523. The molecule has 2 heterocycles. The van der Waals surface area contributed by atoms with Crippen LogP contribution < -0.4 is 10.6 Å². The Morgan fingerprint density at radius 2 is 2.18 bits per heavy atom. The Hall–Kier alpha value is -0.610. The van der Waals surface area contributed by atoms with Crippen LogP contribution in [0.1, 0.15) is 0 Å². The molecule has 2 aliphatic heterocycles. The molecular weight excluding hydrogens is 144 g/mol. The van der Waals surface area contributed by atoms with Crippen molar-refractivity contribution in [2.45, 2.75) is 6.04 Å². The number of carbonyl (C=O) groups is 1. The summed E-state index contributed by atoms with van der Waals surface area (Å²) in [5.41, 5.74) is 0. The van der Waals surface area contributed by atoms with Crippen molar-refractivity contribution in [1.82, 2.24) is 10.6 Å². The minimum Gasteiger partial charge on any atom is -0.377 e. The third kappa shape index (κ3) is 1.36. The zero-order chi connectivity index (χ0) is 7.68. The van der Waals surface area contributed by atoms with E-state index in [0.717, 1.165) is 13.1 Å². The monoisotopic (exact) mass is 156 g/mol. The molecule has 0 aliphatic carbocycles. The molecule has 2 N–H and O–H groups in total. The van der Waals surface area contributed by atoms with Crippen LogP contribution in [-0.4, -0.2) is 38.3 Å². The van der Waals surface area contributed by atoms with Crippen molar-refractivity contribution in [3.63, 3.8) is 0 Å². The maximum atomic E-state index is 11.2. The summed E-state index contributed by atoms with van der Waals surface area (Å²) in [4.78, 5) is 11.2. The molecule has 0 saturated carbocycles. The van der Waals surface area contributed by atoms with Gasteiger partial charge in [0.05, 0.1) is 25.2 Å². The summed E-state index contributed by atoms with van der Waals surface area (Å²) in [5.74, 6) is 0.382. The third-order valence-electron chi connectivity index (χ3n) is 2.14. The fraction of sp³-hybridized carbons (Fsp3) is 0.857. The Morgan fingerprint density at radius 1 is 1.45 bits per heavy atom. The van der Waals surface area contributed by atoms with E-state index < -0.39 is 0 Å². The first-order valence-corrected chi connectivity index (χ1v) is 3.95. The molecule has 2 aliphatic rings. The number of carbonyl (C=O) groups excluding carboxylic acids is 1. The van der Waals surface area contributed by atoms with Crippen molar-refractivity contribution in [2.75, 3.05) is 26.3 Å². The summed E-state index contributed by atoms with van der Waals surface area (Å²) in [6.07, 6.45) is 0. The highest BCUT2D eigenvalue weighted by Crippen LogP contribution is 2.05. The molecule has 0 aromatic rings. The van der Waals surface area contributed by atoms with Crippen molar-refractivity contribution in [2.24, 2.45) is 5.92 Å². The Labute approximate surface area is 65.3 Å². The van der Waals surface area contributed by atoms with Gasteiger partial charge >= 0.3 is 0 Å². The predicted molar refractivity (Wildman–Crippen MR) is 39.1 cm³/mol. The molecule has 0 bridgehead atoms. The van der Waals surface area contributed by atoms with Crippen molar-refractivity contribution in [3.05, 3.63) is 0 Å². The van der Waals surface area contributed by atoms with E-state index in [1.807, 2.05) is 0 Å². The Morgan fingerprint density at radius 3 is 2.55 bits per heavy atom. The van der Waals surface area contributed by atoms with Gasteiger partial charge in [0, 0.05) is 13.1 Å². The second kappa shape index (κ2) is 2.79. The van der Waals surface area contributed by atoms with Crippen LogP contribution in [0.3, 0.4) is 0 Å². The van der Waals surface area contributed by atoms with Crippen LogP contribution in [0.5, 0.6) is 0 Å². The maximum absolute atomic E-state index is 11.2. The van der Waals surface area contributed by atoms with Gasteiger partial charge in [-0.15, -0.1) is 0 Å². The number of ether oxygens (including phenoxy) is 1. The molecule has 0 unspecified atom stereocenters. The van der Waals surface area contributed by atoms with Gasteiger partial charge in [0.1, 0.15) is 0 Å². The van der Waals surface area contributed by atoms with Crippen molar-refractivity contribution in [3.8, 4) is 0 Å². The molecule has 0 radical (unpaired) electrons. The van der Waals surface area contributed by atoms with Crippen LogP contribution in [0.25, 0.3) is 0 Å². The van der Waals surface area contributed by atoms with Crippen LogP contribution in [0, 0.1) is 5.92 Å². The van der Waals surface area contributed by atoms with Crippen LogP contribution in [0.15, 0.2) is 0 Å². The van der Waals surface area contributed by atoms with Crippen LogP contribution in [0.4, 0.5) is 0 Å². The molecule has 2 rings (SSSR count).